The molecule has 30 heavy (non-hydrogen) atoms. The molecule has 5 rings (SSSR count). The van der Waals surface area contributed by atoms with E-state index in [4.69, 9.17) is 4.74 Å². The van der Waals surface area contributed by atoms with Crippen molar-refractivity contribution in [3.8, 4) is 5.75 Å². The summed E-state index contributed by atoms with van der Waals surface area (Å²) in [6.45, 7) is 6.82. The molecular formula is C28H32O2. The summed E-state index contributed by atoms with van der Waals surface area (Å²) in [5.41, 5.74) is 5.37. The summed E-state index contributed by atoms with van der Waals surface area (Å²) in [5.74, 6) is 3.37. The first-order valence-corrected chi connectivity index (χ1v) is 11.6. The van der Waals surface area contributed by atoms with Crippen LogP contribution in [0, 0.1) is 17.3 Å². The van der Waals surface area contributed by atoms with Gasteiger partial charge < -0.3 is 4.74 Å². The van der Waals surface area contributed by atoms with E-state index in [1.54, 1.807) is 0 Å². The molecule has 2 nitrogen and oxygen atoms in total. The molecule has 0 unspecified atom stereocenters. The van der Waals surface area contributed by atoms with Crippen molar-refractivity contribution in [3.63, 3.8) is 0 Å². The van der Waals surface area contributed by atoms with Gasteiger partial charge in [-0.2, -0.15) is 0 Å². The van der Waals surface area contributed by atoms with E-state index in [1.807, 2.05) is 12.1 Å². The van der Waals surface area contributed by atoms with Gasteiger partial charge >= 0.3 is 0 Å². The zero-order valence-electron chi connectivity index (χ0n) is 18.0. The van der Waals surface area contributed by atoms with Gasteiger partial charge in [-0.25, -0.2) is 0 Å². The van der Waals surface area contributed by atoms with Gasteiger partial charge in [0.05, 0.1) is 0 Å². The Labute approximate surface area is 180 Å². The molecule has 0 spiro atoms. The van der Waals surface area contributed by atoms with E-state index in [1.165, 1.54) is 28.7 Å². The number of hydrogen-bond donors (Lipinski definition) is 0. The van der Waals surface area contributed by atoms with Crippen LogP contribution in [-0.4, -0.2) is 5.78 Å². The van der Waals surface area contributed by atoms with Crippen molar-refractivity contribution in [3.05, 3.63) is 77.4 Å². The molecule has 0 amide bonds. The molecule has 156 valence electrons. The number of carbonyl (C=O) groups is 1. The summed E-state index contributed by atoms with van der Waals surface area (Å²) in [6.07, 6.45) is 9.22. The van der Waals surface area contributed by atoms with Crippen molar-refractivity contribution in [1.82, 2.24) is 0 Å². The van der Waals surface area contributed by atoms with Crippen molar-refractivity contribution >= 4 is 5.78 Å². The molecule has 0 saturated heterocycles. The molecule has 0 aliphatic heterocycles. The number of Topliss-reactive ketones (excluding diaryl/α,β-unsaturated/α-hetero) is 1. The number of carbonyl (C=O) groups excluding carboxylic acids is 1. The molecule has 3 aliphatic carbocycles. The van der Waals surface area contributed by atoms with E-state index in [9.17, 15) is 4.79 Å². The number of allylic oxidation sites excluding steroid dienone is 1. The van der Waals surface area contributed by atoms with Gasteiger partial charge in [0.25, 0.3) is 0 Å². The summed E-state index contributed by atoms with van der Waals surface area (Å²) >= 11 is 0. The molecule has 0 N–H and O–H groups in total. The van der Waals surface area contributed by atoms with Crippen LogP contribution in [0.5, 0.6) is 5.75 Å². The van der Waals surface area contributed by atoms with Crippen molar-refractivity contribution in [2.24, 2.45) is 17.3 Å². The fourth-order valence-corrected chi connectivity index (χ4v) is 6.60. The van der Waals surface area contributed by atoms with Crippen LogP contribution in [0.3, 0.4) is 0 Å². The lowest BCUT2D eigenvalue weighted by Crippen LogP contribution is -2.42. The van der Waals surface area contributed by atoms with E-state index >= 15 is 0 Å². The third-order valence-electron chi connectivity index (χ3n) is 8.22. The number of benzene rings is 2. The summed E-state index contributed by atoms with van der Waals surface area (Å²) in [7, 11) is 0. The van der Waals surface area contributed by atoms with Gasteiger partial charge in [0.2, 0.25) is 0 Å². The minimum Gasteiger partial charge on any atom is -0.489 e. The third-order valence-corrected chi connectivity index (χ3v) is 8.22. The van der Waals surface area contributed by atoms with Crippen LogP contribution < -0.4 is 4.74 Å². The zero-order valence-corrected chi connectivity index (χ0v) is 18.0. The summed E-state index contributed by atoms with van der Waals surface area (Å²) in [6, 6.07) is 15.1. The molecular weight excluding hydrogens is 368 g/mol. The molecule has 0 aromatic heterocycles. The van der Waals surface area contributed by atoms with Crippen LogP contribution in [0.2, 0.25) is 0 Å². The minimum atomic E-state index is -0.0542. The lowest BCUT2D eigenvalue weighted by atomic mass is 9.55. The van der Waals surface area contributed by atoms with Gasteiger partial charge in [0, 0.05) is 11.8 Å². The Hall–Kier alpha value is -2.35. The highest BCUT2D eigenvalue weighted by atomic mass is 16.5. The molecule has 0 radical (unpaired) electrons. The molecule has 2 fully saturated rings. The van der Waals surface area contributed by atoms with Crippen molar-refractivity contribution in [1.29, 1.82) is 0 Å². The Bertz CT molecular complexity index is 960. The Balaban J connectivity index is 1.44. The Morgan fingerprint density at radius 1 is 1.13 bits per heavy atom. The second kappa shape index (κ2) is 7.72. The normalized spacial score (nSPS) is 29.6. The minimum absolute atomic E-state index is 0.0542. The highest BCUT2D eigenvalue weighted by Gasteiger charge is 2.54. The molecule has 2 aromatic rings. The van der Waals surface area contributed by atoms with E-state index in [2.05, 4.69) is 49.9 Å². The first-order chi connectivity index (χ1) is 14.6. The number of aryl methyl sites for hydroxylation is 1. The van der Waals surface area contributed by atoms with Crippen molar-refractivity contribution in [2.45, 2.75) is 64.4 Å². The average molecular weight is 401 g/mol. The van der Waals surface area contributed by atoms with E-state index in [-0.39, 0.29) is 5.41 Å². The molecule has 3 aliphatic rings. The van der Waals surface area contributed by atoms with Gasteiger partial charge in [0.1, 0.15) is 18.1 Å². The number of rotatable bonds is 5. The van der Waals surface area contributed by atoms with Crippen LogP contribution in [-0.2, 0) is 24.2 Å². The van der Waals surface area contributed by atoms with E-state index in [0.29, 0.717) is 30.1 Å². The highest BCUT2D eigenvalue weighted by molar-refractivity contribution is 5.87. The van der Waals surface area contributed by atoms with Crippen molar-refractivity contribution in [2.75, 3.05) is 0 Å². The Kier molecular flexibility index (Phi) is 5.05. The maximum atomic E-state index is 12.6. The van der Waals surface area contributed by atoms with E-state index < -0.39 is 0 Å². The molecule has 2 aromatic carbocycles. The Morgan fingerprint density at radius 3 is 2.77 bits per heavy atom. The fraction of sp³-hybridized carbons (Fsp3) is 0.464. The molecule has 4 atom stereocenters. The smallest absolute Gasteiger partial charge is 0.139 e. The maximum absolute atomic E-state index is 12.6. The number of ether oxygens (including phenoxy) is 1. The molecule has 2 heteroatoms. The number of fused-ring (bicyclic) bond motifs is 5. The molecule has 0 bridgehead atoms. The third kappa shape index (κ3) is 3.21. The lowest BCUT2D eigenvalue weighted by Gasteiger charge is -2.48. The zero-order chi connectivity index (χ0) is 20.7. The van der Waals surface area contributed by atoms with Gasteiger partial charge in [-0.1, -0.05) is 49.4 Å². The Morgan fingerprint density at radius 2 is 1.97 bits per heavy atom. The van der Waals surface area contributed by atoms with Gasteiger partial charge in [-0.15, -0.1) is 6.58 Å². The predicted molar refractivity (Wildman–Crippen MR) is 121 cm³/mol. The van der Waals surface area contributed by atoms with Gasteiger partial charge in [-0.05, 0) is 84.6 Å². The van der Waals surface area contributed by atoms with Crippen LogP contribution in [0.15, 0.2) is 55.1 Å². The van der Waals surface area contributed by atoms with Gasteiger partial charge in [0.15, 0.2) is 0 Å². The second-order valence-electron chi connectivity index (χ2n) is 9.76. The standard InChI is InChI=1S/C28H32O2/c1-3-7-21-16-24-20(17-26(21)30-18-19-8-5-4-6-9-19)10-11-23-22(24)14-15-28(2)25(23)12-13-27(28)29/h3-6,8-9,16-17,22-23,25H,1,7,10-15,18H2,2H3/t22-,23+,25-,28-/m0/s1. The van der Waals surface area contributed by atoms with Crippen LogP contribution in [0.1, 0.15) is 67.2 Å². The molecule has 2 saturated carbocycles. The van der Waals surface area contributed by atoms with Crippen LogP contribution in [0.25, 0.3) is 0 Å². The van der Waals surface area contributed by atoms with Crippen molar-refractivity contribution < 1.29 is 9.53 Å². The number of ketones is 1. The molecule has 0 heterocycles. The monoisotopic (exact) mass is 400 g/mol. The summed E-state index contributed by atoms with van der Waals surface area (Å²) < 4.78 is 6.28. The van der Waals surface area contributed by atoms with Crippen LogP contribution >= 0.6 is 0 Å². The summed E-state index contributed by atoms with van der Waals surface area (Å²) in [4.78, 5) is 12.6. The number of hydrogen-bond acceptors (Lipinski definition) is 2. The lowest BCUT2D eigenvalue weighted by molar-refractivity contribution is -0.129. The fourth-order valence-electron chi connectivity index (χ4n) is 6.60. The second-order valence-corrected chi connectivity index (χ2v) is 9.76. The van der Waals surface area contributed by atoms with Gasteiger partial charge in [-0.3, -0.25) is 4.79 Å². The SMILES string of the molecule is C=CCc1cc2c(cc1OCc1ccccc1)CC[C@@H]1[C@@H]2CC[C@]2(C)C(=O)CC[C@@H]12. The quantitative estimate of drug-likeness (QED) is 0.541. The van der Waals surface area contributed by atoms with Crippen LogP contribution in [0.4, 0.5) is 0 Å². The maximum Gasteiger partial charge on any atom is 0.139 e. The predicted octanol–water partition coefficient (Wildman–Crippen LogP) is 6.42. The largest absolute Gasteiger partial charge is 0.489 e. The average Bonchev–Trinajstić information content (AvgIpc) is 3.07. The first kappa shape index (κ1) is 19.6. The first-order valence-electron chi connectivity index (χ1n) is 11.6. The topological polar surface area (TPSA) is 26.3 Å². The summed E-state index contributed by atoms with van der Waals surface area (Å²) in [5, 5.41) is 0. The van der Waals surface area contributed by atoms with E-state index in [0.717, 1.165) is 44.3 Å². The highest BCUT2D eigenvalue weighted by Crippen LogP contribution is 2.59.